The van der Waals surface area contributed by atoms with Gasteiger partial charge in [-0.3, -0.25) is 0 Å². The van der Waals surface area contributed by atoms with Gasteiger partial charge in [-0.15, -0.1) is 0 Å². The number of hydrogen-bond donors (Lipinski definition) is 0. The molecule has 0 spiro atoms. The van der Waals surface area contributed by atoms with Crippen molar-refractivity contribution in [2.45, 2.75) is 75.1 Å². The van der Waals surface area contributed by atoms with E-state index in [0.717, 1.165) is 25.0 Å². The molecular formula is C21H28N2O3S. The Hall–Kier alpha value is -1.66. The summed E-state index contributed by atoms with van der Waals surface area (Å²) in [5, 5.41) is 4.04. The lowest BCUT2D eigenvalue weighted by Crippen LogP contribution is -2.30. The molecule has 1 aliphatic heterocycles. The first-order valence-corrected chi connectivity index (χ1v) is 11.6. The molecule has 0 amide bonds. The molecule has 0 N–H and O–H groups in total. The van der Waals surface area contributed by atoms with Crippen molar-refractivity contribution in [3.63, 3.8) is 0 Å². The molecule has 1 aromatic heterocycles. The SMILES string of the molecule is CCc1cc([C@H]2CCCN2S(=O)(=O)c2ccc(C3CCCCC3)cc2)on1. The summed E-state index contributed by atoms with van der Waals surface area (Å²) in [7, 11) is -3.54. The third kappa shape index (κ3) is 3.69. The first-order valence-electron chi connectivity index (χ1n) is 10.2. The van der Waals surface area contributed by atoms with Gasteiger partial charge in [0.15, 0.2) is 5.76 Å². The monoisotopic (exact) mass is 388 g/mol. The molecular weight excluding hydrogens is 360 g/mol. The molecule has 6 heteroatoms. The number of aryl methyl sites for hydroxylation is 1. The largest absolute Gasteiger partial charge is 0.359 e. The van der Waals surface area contributed by atoms with Gasteiger partial charge in [0, 0.05) is 12.6 Å². The van der Waals surface area contributed by atoms with Crippen LogP contribution in [0.1, 0.15) is 80.8 Å². The maximum Gasteiger partial charge on any atom is 0.243 e. The zero-order chi connectivity index (χ0) is 18.9. The highest BCUT2D eigenvalue weighted by molar-refractivity contribution is 7.89. The Morgan fingerprint density at radius 1 is 1.07 bits per heavy atom. The molecule has 27 heavy (non-hydrogen) atoms. The summed E-state index contributed by atoms with van der Waals surface area (Å²) in [4.78, 5) is 0.379. The molecule has 1 aromatic carbocycles. The molecule has 2 aliphatic rings. The second-order valence-corrected chi connectivity index (χ2v) is 9.64. The van der Waals surface area contributed by atoms with Gasteiger partial charge in [-0.05, 0) is 55.7 Å². The fraction of sp³-hybridized carbons (Fsp3) is 0.571. The van der Waals surface area contributed by atoms with Gasteiger partial charge < -0.3 is 4.52 Å². The van der Waals surface area contributed by atoms with E-state index in [0.29, 0.717) is 23.1 Å². The van der Waals surface area contributed by atoms with Gasteiger partial charge in [0.1, 0.15) is 0 Å². The molecule has 2 fully saturated rings. The lowest BCUT2D eigenvalue weighted by Gasteiger charge is -2.24. The quantitative estimate of drug-likeness (QED) is 0.737. The second-order valence-electron chi connectivity index (χ2n) is 7.75. The Labute approximate surface area is 161 Å². The van der Waals surface area contributed by atoms with E-state index in [-0.39, 0.29) is 6.04 Å². The van der Waals surface area contributed by atoms with E-state index < -0.39 is 10.0 Å². The van der Waals surface area contributed by atoms with Crippen LogP contribution in [0, 0.1) is 0 Å². The van der Waals surface area contributed by atoms with Crippen molar-refractivity contribution in [1.29, 1.82) is 0 Å². The smallest absolute Gasteiger partial charge is 0.243 e. The molecule has 0 unspecified atom stereocenters. The Kier molecular flexibility index (Phi) is 5.37. The van der Waals surface area contributed by atoms with E-state index >= 15 is 0 Å². The van der Waals surface area contributed by atoms with E-state index in [1.807, 2.05) is 25.1 Å². The first-order chi connectivity index (χ1) is 13.1. The van der Waals surface area contributed by atoms with Gasteiger partial charge in [-0.25, -0.2) is 8.42 Å². The van der Waals surface area contributed by atoms with E-state index in [4.69, 9.17) is 4.52 Å². The standard InChI is InChI=1S/C21H28N2O3S/c1-2-18-15-21(26-22-18)20-9-6-14-23(20)27(24,25)19-12-10-17(11-13-19)16-7-4-3-5-8-16/h10-13,15-16,20H,2-9,14H2,1H3/t20-/m1/s1. The minimum Gasteiger partial charge on any atom is -0.359 e. The van der Waals surface area contributed by atoms with Crippen LogP contribution in [0.2, 0.25) is 0 Å². The van der Waals surface area contributed by atoms with Gasteiger partial charge in [0.05, 0.1) is 16.6 Å². The van der Waals surface area contributed by atoms with Gasteiger partial charge in [0.2, 0.25) is 10.0 Å². The van der Waals surface area contributed by atoms with Crippen molar-refractivity contribution in [2.24, 2.45) is 0 Å². The van der Waals surface area contributed by atoms with E-state index in [9.17, 15) is 8.42 Å². The minimum atomic E-state index is -3.54. The van der Waals surface area contributed by atoms with E-state index in [1.165, 1.54) is 37.7 Å². The van der Waals surface area contributed by atoms with Gasteiger partial charge >= 0.3 is 0 Å². The number of rotatable bonds is 5. The van der Waals surface area contributed by atoms with Gasteiger partial charge in [0.25, 0.3) is 0 Å². The third-order valence-electron chi connectivity index (χ3n) is 6.03. The third-order valence-corrected chi connectivity index (χ3v) is 7.96. The highest BCUT2D eigenvalue weighted by atomic mass is 32.2. The molecule has 146 valence electrons. The summed E-state index contributed by atoms with van der Waals surface area (Å²) in [6, 6.07) is 9.24. The Morgan fingerprint density at radius 3 is 2.48 bits per heavy atom. The Morgan fingerprint density at radius 2 is 1.81 bits per heavy atom. The zero-order valence-corrected chi connectivity index (χ0v) is 16.7. The van der Waals surface area contributed by atoms with Crippen molar-refractivity contribution in [1.82, 2.24) is 9.46 Å². The highest BCUT2D eigenvalue weighted by Crippen LogP contribution is 2.38. The fourth-order valence-corrected chi connectivity index (χ4v) is 6.11. The molecule has 1 saturated heterocycles. The number of aromatic nitrogens is 1. The molecule has 4 rings (SSSR count). The fourth-order valence-electron chi connectivity index (χ4n) is 4.45. The number of benzene rings is 1. The molecule has 1 aliphatic carbocycles. The van der Waals surface area contributed by atoms with Crippen LogP contribution in [0.3, 0.4) is 0 Å². The highest BCUT2D eigenvalue weighted by Gasteiger charge is 2.38. The van der Waals surface area contributed by atoms with Crippen LogP contribution < -0.4 is 0 Å². The summed E-state index contributed by atoms with van der Waals surface area (Å²) < 4.78 is 33.5. The summed E-state index contributed by atoms with van der Waals surface area (Å²) in [6.07, 6.45) is 8.70. The van der Waals surface area contributed by atoms with Crippen LogP contribution in [-0.2, 0) is 16.4 Å². The van der Waals surface area contributed by atoms with Crippen LogP contribution >= 0.6 is 0 Å². The van der Waals surface area contributed by atoms with Crippen molar-refractivity contribution in [3.05, 3.63) is 47.3 Å². The van der Waals surface area contributed by atoms with Crippen molar-refractivity contribution in [2.75, 3.05) is 6.54 Å². The molecule has 1 atom stereocenters. The lowest BCUT2D eigenvalue weighted by atomic mass is 9.84. The van der Waals surface area contributed by atoms with E-state index in [2.05, 4.69) is 5.16 Å². The number of nitrogens with zero attached hydrogens (tertiary/aromatic N) is 2. The van der Waals surface area contributed by atoms with Crippen LogP contribution in [0.5, 0.6) is 0 Å². The molecule has 0 radical (unpaired) electrons. The molecule has 1 saturated carbocycles. The maximum atomic E-state index is 13.2. The molecule has 0 bridgehead atoms. The lowest BCUT2D eigenvalue weighted by molar-refractivity contribution is 0.296. The van der Waals surface area contributed by atoms with Crippen LogP contribution in [0.25, 0.3) is 0 Å². The average molecular weight is 389 g/mol. The summed E-state index contributed by atoms with van der Waals surface area (Å²) >= 11 is 0. The first kappa shape index (κ1) is 18.7. The van der Waals surface area contributed by atoms with Crippen molar-refractivity contribution in [3.8, 4) is 0 Å². The van der Waals surface area contributed by atoms with Gasteiger partial charge in [-0.1, -0.05) is 43.5 Å². The average Bonchev–Trinajstić information content (AvgIpc) is 3.38. The summed E-state index contributed by atoms with van der Waals surface area (Å²) in [5.74, 6) is 1.24. The van der Waals surface area contributed by atoms with Crippen LogP contribution in [-0.4, -0.2) is 24.4 Å². The predicted octanol–water partition coefficient (Wildman–Crippen LogP) is 4.81. The number of sulfonamides is 1. The Bertz CT molecular complexity index is 867. The molecule has 5 nitrogen and oxygen atoms in total. The Balaban J connectivity index is 1.56. The molecule has 2 aromatic rings. The van der Waals surface area contributed by atoms with Crippen molar-refractivity contribution < 1.29 is 12.9 Å². The van der Waals surface area contributed by atoms with Gasteiger partial charge in [-0.2, -0.15) is 4.31 Å². The van der Waals surface area contributed by atoms with E-state index in [1.54, 1.807) is 16.4 Å². The second kappa shape index (κ2) is 7.76. The van der Waals surface area contributed by atoms with Crippen LogP contribution in [0.15, 0.2) is 39.8 Å². The topological polar surface area (TPSA) is 63.4 Å². The number of hydrogen-bond acceptors (Lipinski definition) is 4. The zero-order valence-electron chi connectivity index (χ0n) is 15.9. The summed E-state index contributed by atoms with van der Waals surface area (Å²) in [6.45, 7) is 2.54. The summed E-state index contributed by atoms with van der Waals surface area (Å²) in [5.41, 5.74) is 2.14. The molecule has 2 heterocycles. The van der Waals surface area contributed by atoms with Crippen LogP contribution in [0.4, 0.5) is 0 Å². The predicted molar refractivity (Wildman–Crippen MR) is 104 cm³/mol. The normalized spacial score (nSPS) is 22.3. The van der Waals surface area contributed by atoms with Crippen molar-refractivity contribution >= 4 is 10.0 Å². The maximum absolute atomic E-state index is 13.2. The minimum absolute atomic E-state index is 0.249.